The lowest BCUT2D eigenvalue weighted by atomic mass is 9.95. The third-order valence-electron chi connectivity index (χ3n) is 5.83. The molecule has 3 fully saturated rings. The number of hydrogen-bond acceptors (Lipinski definition) is 3. The van der Waals surface area contributed by atoms with Gasteiger partial charge in [-0.1, -0.05) is 6.42 Å². The number of fused-ring (bicyclic) bond motifs is 2. The van der Waals surface area contributed by atoms with E-state index in [-0.39, 0.29) is 0 Å². The van der Waals surface area contributed by atoms with E-state index in [1.807, 2.05) is 12.1 Å². The van der Waals surface area contributed by atoms with E-state index in [4.69, 9.17) is 14.1 Å². The zero-order chi connectivity index (χ0) is 16.2. The maximum atomic E-state index is 5.47. The highest BCUT2D eigenvalue weighted by molar-refractivity contribution is 5.80. The summed E-state index contributed by atoms with van der Waals surface area (Å²) in [5, 5.41) is 7.39. The Balaban J connectivity index is 1.35. The number of aliphatic imine (C=N–C) groups is 1. The van der Waals surface area contributed by atoms with Crippen LogP contribution < -0.4 is 10.6 Å². The van der Waals surface area contributed by atoms with E-state index in [9.17, 15) is 0 Å². The van der Waals surface area contributed by atoms with Crippen molar-refractivity contribution in [1.29, 1.82) is 0 Å². The van der Waals surface area contributed by atoms with E-state index < -0.39 is 0 Å². The molecule has 4 rings (SSSR count). The van der Waals surface area contributed by atoms with Gasteiger partial charge >= 0.3 is 0 Å². The molecule has 0 amide bonds. The first-order valence-corrected chi connectivity index (χ1v) is 9.54. The van der Waals surface area contributed by atoms with Gasteiger partial charge in [0, 0.05) is 38.3 Å². The first-order valence-electron chi connectivity index (χ1n) is 9.54. The van der Waals surface area contributed by atoms with Gasteiger partial charge in [0.25, 0.3) is 0 Å². The standard InChI is InChI=1S/C19H29N3O2/c1-2-17(24-9-1)5-8-20-19(21-16-6-10-23-11-7-16)22-18-13-14-3-4-15(18)12-14/h1-2,9,14-16,18H,3-8,10-13H2,(H2,20,21,22). The van der Waals surface area contributed by atoms with Gasteiger partial charge in [-0.05, 0) is 56.1 Å². The lowest BCUT2D eigenvalue weighted by Crippen LogP contribution is -2.50. The minimum atomic E-state index is 0.479. The molecule has 2 bridgehead atoms. The van der Waals surface area contributed by atoms with Gasteiger partial charge in [0.1, 0.15) is 5.76 Å². The fourth-order valence-corrected chi connectivity index (χ4v) is 4.50. The van der Waals surface area contributed by atoms with Gasteiger partial charge < -0.3 is 19.8 Å². The third-order valence-corrected chi connectivity index (χ3v) is 5.83. The molecule has 1 aliphatic heterocycles. The molecule has 3 atom stereocenters. The molecule has 0 radical (unpaired) electrons. The van der Waals surface area contributed by atoms with Gasteiger partial charge in [-0.2, -0.15) is 0 Å². The monoisotopic (exact) mass is 331 g/mol. The summed E-state index contributed by atoms with van der Waals surface area (Å²) >= 11 is 0. The predicted octanol–water partition coefficient (Wildman–Crippen LogP) is 2.72. The van der Waals surface area contributed by atoms with E-state index in [1.165, 1.54) is 25.7 Å². The molecule has 2 heterocycles. The van der Waals surface area contributed by atoms with Crippen molar-refractivity contribution in [3.05, 3.63) is 24.2 Å². The topological polar surface area (TPSA) is 58.8 Å². The maximum absolute atomic E-state index is 5.47. The Morgan fingerprint density at radius 3 is 2.75 bits per heavy atom. The zero-order valence-electron chi connectivity index (χ0n) is 14.4. The molecule has 132 valence electrons. The fourth-order valence-electron chi connectivity index (χ4n) is 4.50. The molecule has 2 N–H and O–H groups in total. The smallest absolute Gasteiger partial charge is 0.191 e. The molecule has 1 aromatic heterocycles. The van der Waals surface area contributed by atoms with Crippen LogP contribution in [-0.2, 0) is 11.2 Å². The van der Waals surface area contributed by atoms with Crippen molar-refractivity contribution in [2.24, 2.45) is 16.8 Å². The Morgan fingerprint density at radius 1 is 1.12 bits per heavy atom. The molecule has 0 aromatic carbocycles. The van der Waals surface area contributed by atoms with E-state index in [1.54, 1.807) is 6.26 Å². The van der Waals surface area contributed by atoms with Crippen LogP contribution in [0.25, 0.3) is 0 Å². The average Bonchev–Trinajstić information content (AvgIpc) is 3.34. The minimum Gasteiger partial charge on any atom is -0.469 e. The molecule has 0 spiro atoms. The summed E-state index contributed by atoms with van der Waals surface area (Å²) in [6.07, 6.45) is 10.3. The molecule has 5 nitrogen and oxygen atoms in total. The molecule has 2 saturated carbocycles. The second-order valence-corrected chi connectivity index (χ2v) is 7.52. The Bertz CT molecular complexity index is 537. The Hall–Kier alpha value is -1.49. The molecular weight excluding hydrogens is 302 g/mol. The predicted molar refractivity (Wildman–Crippen MR) is 94.1 cm³/mol. The second kappa shape index (κ2) is 7.60. The lowest BCUT2D eigenvalue weighted by molar-refractivity contribution is 0.0821. The number of nitrogens with zero attached hydrogens (tertiary/aromatic N) is 1. The number of guanidine groups is 1. The summed E-state index contributed by atoms with van der Waals surface area (Å²) in [5.74, 6) is 3.79. The number of nitrogens with one attached hydrogen (secondary N) is 2. The van der Waals surface area contributed by atoms with Crippen molar-refractivity contribution < 1.29 is 9.15 Å². The lowest BCUT2D eigenvalue weighted by Gasteiger charge is -2.29. The van der Waals surface area contributed by atoms with Crippen molar-refractivity contribution in [3.8, 4) is 0 Å². The van der Waals surface area contributed by atoms with Crippen LogP contribution in [0, 0.1) is 11.8 Å². The van der Waals surface area contributed by atoms with Crippen LogP contribution in [0.5, 0.6) is 0 Å². The fraction of sp³-hybridized carbons (Fsp3) is 0.737. The van der Waals surface area contributed by atoms with Crippen LogP contribution >= 0.6 is 0 Å². The van der Waals surface area contributed by atoms with Crippen LogP contribution in [0.15, 0.2) is 27.8 Å². The minimum absolute atomic E-state index is 0.479. The highest BCUT2D eigenvalue weighted by atomic mass is 16.5. The van der Waals surface area contributed by atoms with Crippen LogP contribution in [0.2, 0.25) is 0 Å². The highest BCUT2D eigenvalue weighted by Crippen LogP contribution is 2.44. The van der Waals surface area contributed by atoms with Crippen LogP contribution in [0.4, 0.5) is 0 Å². The average molecular weight is 331 g/mol. The Kier molecular flexibility index (Phi) is 5.07. The molecule has 1 aromatic rings. The Labute approximate surface area is 144 Å². The molecule has 5 heteroatoms. The third kappa shape index (κ3) is 3.94. The summed E-state index contributed by atoms with van der Waals surface area (Å²) in [6.45, 7) is 2.46. The molecule has 24 heavy (non-hydrogen) atoms. The summed E-state index contributed by atoms with van der Waals surface area (Å²) in [7, 11) is 0. The van der Waals surface area contributed by atoms with Crippen molar-refractivity contribution in [2.45, 2.75) is 57.0 Å². The van der Waals surface area contributed by atoms with E-state index in [2.05, 4.69) is 10.6 Å². The first kappa shape index (κ1) is 16.0. The van der Waals surface area contributed by atoms with Crippen molar-refractivity contribution >= 4 is 5.96 Å². The molecular formula is C19H29N3O2. The number of furan rings is 1. The normalized spacial score (nSPS) is 30.7. The van der Waals surface area contributed by atoms with Crippen LogP contribution in [0.1, 0.15) is 44.3 Å². The van der Waals surface area contributed by atoms with Gasteiger partial charge in [0.15, 0.2) is 5.96 Å². The van der Waals surface area contributed by atoms with Crippen LogP contribution in [0.3, 0.4) is 0 Å². The van der Waals surface area contributed by atoms with Gasteiger partial charge in [0.2, 0.25) is 0 Å². The molecule has 2 aliphatic carbocycles. The van der Waals surface area contributed by atoms with Gasteiger partial charge in [-0.25, -0.2) is 0 Å². The quantitative estimate of drug-likeness (QED) is 0.643. The number of ether oxygens (including phenoxy) is 1. The van der Waals surface area contributed by atoms with E-state index in [0.29, 0.717) is 12.1 Å². The number of rotatable bonds is 5. The second-order valence-electron chi connectivity index (χ2n) is 7.52. The largest absolute Gasteiger partial charge is 0.469 e. The summed E-state index contributed by atoms with van der Waals surface area (Å²) in [6, 6.07) is 5.05. The highest BCUT2D eigenvalue weighted by Gasteiger charge is 2.39. The Morgan fingerprint density at radius 2 is 2.04 bits per heavy atom. The molecule has 3 unspecified atom stereocenters. The van der Waals surface area contributed by atoms with Gasteiger partial charge in [-0.15, -0.1) is 0 Å². The van der Waals surface area contributed by atoms with E-state index in [0.717, 1.165) is 62.6 Å². The molecule has 1 saturated heterocycles. The van der Waals surface area contributed by atoms with Crippen molar-refractivity contribution in [3.63, 3.8) is 0 Å². The van der Waals surface area contributed by atoms with Crippen LogP contribution in [-0.4, -0.2) is 37.8 Å². The first-order chi connectivity index (χ1) is 11.9. The number of hydrogen-bond donors (Lipinski definition) is 2. The SMILES string of the molecule is c1coc(CCN=C(NC2CCOCC2)NC2CC3CCC2C3)c1. The summed E-state index contributed by atoms with van der Waals surface area (Å²) < 4.78 is 10.9. The summed E-state index contributed by atoms with van der Waals surface area (Å²) in [5.41, 5.74) is 0. The van der Waals surface area contributed by atoms with Crippen molar-refractivity contribution in [1.82, 2.24) is 10.6 Å². The van der Waals surface area contributed by atoms with Crippen molar-refractivity contribution in [2.75, 3.05) is 19.8 Å². The summed E-state index contributed by atoms with van der Waals surface area (Å²) in [4.78, 5) is 4.83. The maximum Gasteiger partial charge on any atom is 0.191 e. The molecule has 3 aliphatic rings. The van der Waals surface area contributed by atoms with Gasteiger partial charge in [-0.3, -0.25) is 4.99 Å². The zero-order valence-corrected chi connectivity index (χ0v) is 14.4. The van der Waals surface area contributed by atoms with Gasteiger partial charge in [0.05, 0.1) is 6.26 Å². The van der Waals surface area contributed by atoms with E-state index >= 15 is 0 Å².